The Labute approximate surface area is 203 Å². The predicted octanol–water partition coefficient (Wildman–Crippen LogP) is 3.72. The van der Waals surface area contributed by atoms with Gasteiger partial charge in [0.1, 0.15) is 12.3 Å². The molecule has 1 aliphatic carbocycles. The topological polar surface area (TPSA) is 101 Å². The van der Waals surface area contributed by atoms with Gasteiger partial charge in [-0.2, -0.15) is 0 Å². The van der Waals surface area contributed by atoms with Gasteiger partial charge in [0.05, 0.1) is 31.7 Å². The fraction of sp³-hybridized carbons (Fsp3) is 0.423. The molecule has 0 saturated heterocycles. The lowest BCUT2D eigenvalue weighted by molar-refractivity contribution is -0.116. The van der Waals surface area contributed by atoms with E-state index in [0.29, 0.717) is 40.4 Å². The third kappa shape index (κ3) is 5.03. The summed E-state index contributed by atoms with van der Waals surface area (Å²) in [6.45, 7) is 2.19. The fourth-order valence-electron chi connectivity index (χ4n) is 4.67. The molecule has 1 amide bonds. The number of carbonyl (C=O) groups is 1. The second kappa shape index (κ2) is 10.7. The molecule has 186 valence electrons. The molecule has 0 radical (unpaired) electrons. The van der Waals surface area contributed by atoms with E-state index < -0.39 is 5.69 Å². The number of amides is 1. The Morgan fingerprint density at radius 3 is 2.29 bits per heavy atom. The van der Waals surface area contributed by atoms with Crippen molar-refractivity contribution in [3.63, 3.8) is 0 Å². The van der Waals surface area contributed by atoms with Gasteiger partial charge in [-0.25, -0.2) is 4.79 Å². The van der Waals surface area contributed by atoms with Crippen LogP contribution < -0.4 is 30.8 Å². The van der Waals surface area contributed by atoms with E-state index in [1.165, 1.54) is 23.4 Å². The number of aromatic nitrogens is 2. The highest BCUT2D eigenvalue weighted by molar-refractivity contribution is 5.92. The van der Waals surface area contributed by atoms with Crippen molar-refractivity contribution in [2.45, 2.75) is 51.6 Å². The monoisotopic (exact) mass is 481 g/mol. The molecule has 35 heavy (non-hydrogen) atoms. The maximum Gasteiger partial charge on any atom is 0.332 e. The van der Waals surface area contributed by atoms with Crippen molar-refractivity contribution in [2.75, 3.05) is 26.1 Å². The van der Waals surface area contributed by atoms with E-state index in [1.54, 1.807) is 36.4 Å². The zero-order valence-electron chi connectivity index (χ0n) is 20.3. The van der Waals surface area contributed by atoms with Gasteiger partial charge in [0.15, 0.2) is 11.5 Å². The van der Waals surface area contributed by atoms with Crippen molar-refractivity contribution in [3.8, 4) is 17.2 Å². The number of ether oxygens (including phenoxy) is 3. The Morgan fingerprint density at radius 1 is 1.00 bits per heavy atom. The molecular formula is C26H31N3O6. The van der Waals surface area contributed by atoms with Gasteiger partial charge in [-0.05, 0) is 50.1 Å². The lowest BCUT2D eigenvalue weighted by Crippen LogP contribution is -2.44. The molecule has 9 heteroatoms. The Kier molecular flexibility index (Phi) is 7.43. The van der Waals surface area contributed by atoms with Gasteiger partial charge >= 0.3 is 5.69 Å². The number of carbonyl (C=O) groups excluding carboxylic acids is 1. The summed E-state index contributed by atoms with van der Waals surface area (Å²) < 4.78 is 18.9. The zero-order chi connectivity index (χ0) is 24.9. The van der Waals surface area contributed by atoms with E-state index in [9.17, 15) is 14.4 Å². The van der Waals surface area contributed by atoms with Crippen LogP contribution in [0.3, 0.4) is 0 Å². The van der Waals surface area contributed by atoms with Crippen molar-refractivity contribution < 1.29 is 19.0 Å². The fourth-order valence-corrected chi connectivity index (χ4v) is 4.67. The van der Waals surface area contributed by atoms with E-state index in [-0.39, 0.29) is 24.1 Å². The molecule has 4 rings (SSSR count). The number of nitrogens with zero attached hydrogens (tertiary/aromatic N) is 2. The first-order valence-electron chi connectivity index (χ1n) is 11.9. The highest BCUT2D eigenvalue weighted by atomic mass is 16.5. The average molecular weight is 482 g/mol. The van der Waals surface area contributed by atoms with Gasteiger partial charge in [0.2, 0.25) is 5.91 Å². The summed E-state index contributed by atoms with van der Waals surface area (Å²) >= 11 is 0. The minimum Gasteiger partial charge on any atom is -0.494 e. The zero-order valence-corrected chi connectivity index (χ0v) is 20.3. The molecular weight excluding hydrogens is 450 g/mol. The van der Waals surface area contributed by atoms with Crippen molar-refractivity contribution in [1.82, 2.24) is 9.13 Å². The van der Waals surface area contributed by atoms with Crippen LogP contribution in [0.5, 0.6) is 17.2 Å². The van der Waals surface area contributed by atoms with E-state index in [4.69, 9.17) is 14.2 Å². The minimum atomic E-state index is -0.497. The summed E-state index contributed by atoms with van der Waals surface area (Å²) in [5.41, 5.74) is 0.0340. The van der Waals surface area contributed by atoms with Crippen LogP contribution in [-0.4, -0.2) is 35.9 Å². The van der Waals surface area contributed by atoms with Gasteiger partial charge in [-0.3, -0.25) is 18.7 Å². The lowest BCUT2D eigenvalue weighted by atomic mass is 9.95. The number of methoxy groups -OCH3 is 2. The first-order chi connectivity index (χ1) is 17.0. The molecule has 0 spiro atoms. The second-order valence-corrected chi connectivity index (χ2v) is 8.57. The number of hydrogen-bond donors (Lipinski definition) is 1. The summed E-state index contributed by atoms with van der Waals surface area (Å²) in [6, 6.07) is 9.97. The van der Waals surface area contributed by atoms with Gasteiger partial charge in [-0.15, -0.1) is 0 Å². The molecule has 1 N–H and O–H groups in total. The largest absolute Gasteiger partial charge is 0.494 e. The van der Waals surface area contributed by atoms with Crippen LogP contribution in [0.2, 0.25) is 0 Å². The standard InChI is InChI=1S/C26H31N3O6/c1-4-35-19-12-10-17(11-13-19)27-24(30)16-28-21-15-23(34-3)22(33-2)14-20(21)25(31)29(26(28)32)18-8-6-5-7-9-18/h10-15,18H,4-9,16H2,1-3H3,(H,27,30). The van der Waals surface area contributed by atoms with Crippen molar-refractivity contribution in [2.24, 2.45) is 0 Å². The maximum atomic E-state index is 13.6. The molecule has 0 aliphatic heterocycles. The maximum absolute atomic E-state index is 13.6. The number of rotatable bonds is 8. The van der Waals surface area contributed by atoms with Crippen LogP contribution >= 0.6 is 0 Å². The first-order valence-corrected chi connectivity index (χ1v) is 11.9. The molecule has 9 nitrogen and oxygen atoms in total. The minimum absolute atomic E-state index is 0.193. The highest BCUT2D eigenvalue weighted by Crippen LogP contribution is 2.31. The van der Waals surface area contributed by atoms with E-state index in [1.807, 2.05) is 6.92 Å². The van der Waals surface area contributed by atoms with E-state index in [0.717, 1.165) is 32.1 Å². The molecule has 1 aliphatic rings. The summed E-state index contributed by atoms with van der Waals surface area (Å²) in [6.07, 6.45) is 4.51. The Hall–Kier alpha value is -3.75. The van der Waals surface area contributed by atoms with Crippen LogP contribution in [-0.2, 0) is 11.3 Å². The summed E-state index contributed by atoms with van der Waals surface area (Å²) in [5.74, 6) is 1.07. The Bertz CT molecular complexity index is 1320. The summed E-state index contributed by atoms with van der Waals surface area (Å²) in [7, 11) is 2.97. The summed E-state index contributed by atoms with van der Waals surface area (Å²) in [4.78, 5) is 40.1. The first kappa shape index (κ1) is 24.4. The quantitative estimate of drug-likeness (QED) is 0.526. The molecule has 0 atom stereocenters. The van der Waals surface area contributed by atoms with Crippen LogP contribution in [0, 0.1) is 0 Å². The molecule has 1 fully saturated rings. The Balaban J connectivity index is 1.77. The van der Waals surface area contributed by atoms with E-state index >= 15 is 0 Å². The number of hydrogen-bond acceptors (Lipinski definition) is 6. The molecule has 1 aromatic heterocycles. The van der Waals surface area contributed by atoms with Crippen molar-refractivity contribution in [3.05, 3.63) is 57.2 Å². The predicted molar refractivity (Wildman–Crippen MR) is 134 cm³/mol. The molecule has 0 bridgehead atoms. The van der Waals surface area contributed by atoms with Crippen LogP contribution in [0.4, 0.5) is 5.69 Å². The molecule has 1 saturated carbocycles. The van der Waals surface area contributed by atoms with Crippen molar-refractivity contribution >= 4 is 22.5 Å². The molecule has 2 aromatic carbocycles. The molecule has 3 aromatic rings. The highest BCUT2D eigenvalue weighted by Gasteiger charge is 2.24. The second-order valence-electron chi connectivity index (χ2n) is 8.57. The smallest absolute Gasteiger partial charge is 0.332 e. The molecule has 1 heterocycles. The third-order valence-electron chi connectivity index (χ3n) is 6.37. The molecule has 0 unspecified atom stereocenters. The lowest BCUT2D eigenvalue weighted by Gasteiger charge is -2.25. The average Bonchev–Trinajstić information content (AvgIpc) is 2.88. The SMILES string of the molecule is CCOc1ccc(NC(=O)Cn2c(=O)n(C3CCCCC3)c(=O)c3cc(OC)c(OC)cc32)cc1. The Morgan fingerprint density at radius 2 is 1.66 bits per heavy atom. The number of anilines is 1. The van der Waals surface area contributed by atoms with Gasteiger partial charge in [0.25, 0.3) is 5.56 Å². The normalized spacial score (nSPS) is 14.0. The number of nitrogens with one attached hydrogen (secondary N) is 1. The van der Waals surface area contributed by atoms with Crippen LogP contribution in [0.1, 0.15) is 45.1 Å². The number of benzene rings is 2. The van der Waals surface area contributed by atoms with Crippen LogP contribution in [0.15, 0.2) is 46.0 Å². The summed E-state index contributed by atoms with van der Waals surface area (Å²) in [5, 5.41) is 3.13. The van der Waals surface area contributed by atoms with Crippen molar-refractivity contribution in [1.29, 1.82) is 0 Å². The number of fused-ring (bicyclic) bond motifs is 1. The van der Waals surface area contributed by atoms with Crippen LogP contribution in [0.25, 0.3) is 10.9 Å². The van der Waals surface area contributed by atoms with E-state index in [2.05, 4.69) is 5.32 Å². The van der Waals surface area contributed by atoms with Gasteiger partial charge in [-0.1, -0.05) is 19.3 Å². The third-order valence-corrected chi connectivity index (χ3v) is 6.37. The van der Waals surface area contributed by atoms with Gasteiger partial charge in [0, 0.05) is 17.8 Å². The van der Waals surface area contributed by atoms with Gasteiger partial charge < -0.3 is 19.5 Å².